The molecular formula is C23H20BrNO5. The first kappa shape index (κ1) is 20.1. The van der Waals surface area contributed by atoms with E-state index in [1.165, 1.54) is 0 Å². The highest BCUT2D eigenvalue weighted by molar-refractivity contribution is 9.10. The molecule has 0 radical (unpaired) electrons. The summed E-state index contributed by atoms with van der Waals surface area (Å²) in [6.45, 7) is 1.39. The average molecular weight is 470 g/mol. The van der Waals surface area contributed by atoms with Crippen LogP contribution in [0.4, 0.5) is 5.69 Å². The first-order chi connectivity index (χ1) is 14.6. The predicted molar refractivity (Wildman–Crippen MR) is 117 cm³/mol. The molecule has 154 valence electrons. The van der Waals surface area contributed by atoms with Crippen molar-refractivity contribution in [2.24, 2.45) is 0 Å². The molecule has 0 spiro atoms. The number of nitrogens with one attached hydrogen (secondary N) is 1. The number of benzene rings is 3. The summed E-state index contributed by atoms with van der Waals surface area (Å²) in [5, 5.41) is 2.87. The minimum Gasteiger partial charge on any atom is -0.493 e. The quantitative estimate of drug-likeness (QED) is 0.546. The molecule has 0 fully saturated rings. The summed E-state index contributed by atoms with van der Waals surface area (Å²) in [7, 11) is 1.54. The normalized spacial score (nSPS) is 12.2. The van der Waals surface area contributed by atoms with Crippen LogP contribution in [0.25, 0.3) is 0 Å². The van der Waals surface area contributed by atoms with Crippen molar-refractivity contribution >= 4 is 27.5 Å². The van der Waals surface area contributed by atoms with Crippen LogP contribution in [0, 0.1) is 0 Å². The molecule has 4 rings (SSSR count). The number of hydrogen-bond donors (Lipinski definition) is 1. The lowest BCUT2D eigenvalue weighted by atomic mass is 10.1. The van der Waals surface area contributed by atoms with E-state index in [4.69, 9.17) is 18.9 Å². The number of halogens is 1. The number of hydrogen-bond acceptors (Lipinski definition) is 5. The second-order valence-electron chi connectivity index (χ2n) is 6.58. The number of ether oxygens (including phenoxy) is 4. The fourth-order valence-corrected chi connectivity index (χ4v) is 3.60. The molecule has 0 saturated carbocycles. The van der Waals surface area contributed by atoms with Gasteiger partial charge in [-0.15, -0.1) is 0 Å². The molecule has 0 unspecified atom stereocenters. The second-order valence-corrected chi connectivity index (χ2v) is 7.43. The molecule has 0 saturated heterocycles. The van der Waals surface area contributed by atoms with Gasteiger partial charge < -0.3 is 24.3 Å². The summed E-state index contributed by atoms with van der Waals surface area (Å²) in [5.74, 6) is 2.01. The Balaban J connectivity index is 1.51. The van der Waals surface area contributed by atoms with E-state index in [9.17, 15) is 4.79 Å². The van der Waals surface area contributed by atoms with Gasteiger partial charge in [0.2, 0.25) is 0 Å². The van der Waals surface area contributed by atoms with Crippen molar-refractivity contribution < 1.29 is 23.7 Å². The Morgan fingerprint density at radius 3 is 2.57 bits per heavy atom. The lowest BCUT2D eigenvalue weighted by Crippen LogP contribution is -2.16. The lowest BCUT2D eigenvalue weighted by molar-refractivity contribution is 0.102. The largest absolute Gasteiger partial charge is 0.493 e. The zero-order valence-corrected chi connectivity index (χ0v) is 17.9. The molecule has 0 bridgehead atoms. The average Bonchev–Trinajstić information content (AvgIpc) is 2.78. The van der Waals surface area contributed by atoms with Gasteiger partial charge in [-0.25, -0.2) is 0 Å². The number of amides is 1. The number of anilines is 1. The molecule has 1 aliphatic rings. The molecule has 0 atom stereocenters. The molecule has 1 amide bonds. The van der Waals surface area contributed by atoms with Gasteiger partial charge in [-0.2, -0.15) is 0 Å². The van der Waals surface area contributed by atoms with Crippen molar-refractivity contribution in [3.63, 3.8) is 0 Å². The molecule has 1 N–H and O–H groups in total. The van der Waals surface area contributed by atoms with Crippen LogP contribution in [0.5, 0.6) is 23.0 Å². The third kappa shape index (κ3) is 4.52. The van der Waals surface area contributed by atoms with E-state index in [0.717, 1.165) is 5.56 Å². The second kappa shape index (κ2) is 9.09. The van der Waals surface area contributed by atoms with Gasteiger partial charge in [0.25, 0.3) is 5.91 Å². The highest BCUT2D eigenvalue weighted by atomic mass is 79.9. The van der Waals surface area contributed by atoms with Crippen molar-refractivity contribution in [3.05, 3.63) is 76.3 Å². The first-order valence-corrected chi connectivity index (χ1v) is 10.2. The summed E-state index contributed by atoms with van der Waals surface area (Å²) in [4.78, 5) is 12.8. The predicted octanol–water partition coefficient (Wildman–Crippen LogP) is 5.06. The molecule has 1 heterocycles. The van der Waals surface area contributed by atoms with Crippen LogP contribution >= 0.6 is 15.9 Å². The van der Waals surface area contributed by atoms with Gasteiger partial charge in [0.05, 0.1) is 11.6 Å². The lowest BCUT2D eigenvalue weighted by Gasteiger charge is -2.19. The van der Waals surface area contributed by atoms with Crippen LogP contribution in [0.2, 0.25) is 0 Å². The number of rotatable bonds is 6. The molecule has 0 aliphatic carbocycles. The van der Waals surface area contributed by atoms with Crippen molar-refractivity contribution in [1.82, 2.24) is 0 Å². The Kier molecular flexibility index (Phi) is 6.09. The van der Waals surface area contributed by atoms with Gasteiger partial charge >= 0.3 is 0 Å². The zero-order chi connectivity index (χ0) is 20.9. The maximum atomic E-state index is 12.8. The van der Waals surface area contributed by atoms with Crippen LogP contribution in [-0.4, -0.2) is 26.2 Å². The monoisotopic (exact) mass is 469 g/mol. The maximum absolute atomic E-state index is 12.8. The van der Waals surface area contributed by atoms with E-state index in [-0.39, 0.29) is 5.91 Å². The summed E-state index contributed by atoms with van der Waals surface area (Å²) in [5.41, 5.74) is 2.08. The van der Waals surface area contributed by atoms with E-state index in [1.54, 1.807) is 37.4 Å². The van der Waals surface area contributed by atoms with E-state index in [2.05, 4.69) is 21.2 Å². The molecule has 0 aromatic heterocycles. The SMILES string of the molecule is COc1cc(C(=O)Nc2ccc3c(c2)OCCO3)cc(Br)c1OCc1ccccc1. The number of carbonyl (C=O) groups is 1. The van der Waals surface area contributed by atoms with Crippen molar-refractivity contribution in [2.75, 3.05) is 25.6 Å². The fourth-order valence-electron chi connectivity index (χ4n) is 3.05. The van der Waals surface area contributed by atoms with E-state index < -0.39 is 0 Å². The smallest absolute Gasteiger partial charge is 0.255 e. The molecule has 1 aliphatic heterocycles. The van der Waals surface area contributed by atoms with Gasteiger partial charge in [-0.05, 0) is 45.8 Å². The van der Waals surface area contributed by atoms with Crippen LogP contribution in [-0.2, 0) is 6.61 Å². The standard InChI is InChI=1S/C23H20BrNO5/c1-27-21-12-16(11-18(24)22(21)30-14-15-5-3-2-4-6-15)23(26)25-17-7-8-19-20(13-17)29-10-9-28-19/h2-8,11-13H,9-10,14H2,1H3,(H,25,26). The highest BCUT2D eigenvalue weighted by Crippen LogP contribution is 2.38. The summed E-state index contributed by atoms with van der Waals surface area (Å²) >= 11 is 3.49. The number of methoxy groups -OCH3 is 1. The van der Waals surface area contributed by atoms with Crippen LogP contribution < -0.4 is 24.3 Å². The Morgan fingerprint density at radius 1 is 1.03 bits per heavy atom. The third-order valence-corrected chi connectivity index (χ3v) is 5.11. The maximum Gasteiger partial charge on any atom is 0.255 e. The van der Waals surface area contributed by atoms with Gasteiger partial charge in [0.15, 0.2) is 23.0 Å². The highest BCUT2D eigenvalue weighted by Gasteiger charge is 2.17. The topological polar surface area (TPSA) is 66.0 Å². The van der Waals surface area contributed by atoms with Crippen molar-refractivity contribution in [2.45, 2.75) is 6.61 Å². The molecule has 30 heavy (non-hydrogen) atoms. The first-order valence-electron chi connectivity index (χ1n) is 9.39. The van der Waals surface area contributed by atoms with E-state index in [0.29, 0.717) is 58.5 Å². The van der Waals surface area contributed by atoms with Gasteiger partial charge in [-0.1, -0.05) is 30.3 Å². The molecule has 3 aromatic carbocycles. The van der Waals surface area contributed by atoms with Crippen LogP contribution in [0.1, 0.15) is 15.9 Å². The van der Waals surface area contributed by atoms with Gasteiger partial charge in [0, 0.05) is 17.3 Å². The molecule has 6 nitrogen and oxygen atoms in total. The van der Waals surface area contributed by atoms with E-state index in [1.807, 2.05) is 30.3 Å². The number of carbonyl (C=O) groups excluding carboxylic acids is 1. The van der Waals surface area contributed by atoms with Crippen molar-refractivity contribution in [3.8, 4) is 23.0 Å². The molecule has 3 aromatic rings. The Labute approximate surface area is 182 Å². The zero-order valence-electron chi connectivity index (χ0n) is 16.3. The van der Waals surface area contributed by atoms with E-state index >= 15 is 0 Å². The Morgan fingerprint density at radius 2 is 1.80 bits per heavy atom. The molecular weight excluding hydrogens is 450 g/mol. The summed E-state index contributed by atoms with van der Waals surface area (Å²) in [6.07, 6.45) is 0. The minimum atomic E-state index is -0.278. The number of fused-ring (bicyclic) bond motifs is 1. The Hall–Kier alpha value is -3.19. The minimum absolute atomic E-state index is 0.278. The molecule has 7 heteroatoms. The van der Waals surface area contributed by atoms with Gasteiger partial charge in [0.1, 0.15) is 19.8 Å². The van der Waals surface area contributed by atoms with Gasteiger partial charge in [-0.3, -0.25) is 4.79 Å². The van der Waals surface area contributed by atoms with Crippen molar-refractivity contribution in [1.29, 1.82) is 0 Å². The van der Waals surface area contributed by atoms with Crippen LogP contribution in [0.15, 0.2) is 65.1 Å². The Bertz CT molecular complexity index is 1050. The summed E-state index contributed by atoms with van der Waals surface area (Å²) in [6, 6.07) is 18.5. The fraction of sp³-hybridized carbons (Fsp3) is 0.174. The van der Waals surface area contributed by atoms with Crippen LogP contribution in [0.3, 0.4) is 0 Å². The third-order valence-electron chi connectivity index (χ3n) is 4.52. The summed E-state index contributed by atoms with van der Waals surface area (Å²) < 4.78 is 23.1.